The highest BCUT2D eigenvalue weighted by Crippen LogP contribution is 2.50. The Balaban J connectivity index is 1.76. The van der Waals surface area contributed by atoms with Crippen molar-refractivity contribution in [2.45, 2.75) is 70.6 Å². The van der Waals surface area contributed by atoms with Crippen LogP contribution < -0.4 is 14.8 Å². The molecule has 1 aromatic carbocycles. The van der Waals surface area contributed by atoms with Crippen LogP contribution in [0.2, 0.25) is 0 Å². The van der Waals surface area contributed by atoms with E-state index in [1.54, 1.807) is 0 Å². The Morgan fingerprint density at radius 1 is 1.05 bits per heavy atom. The second-order valence-corrected chi connectivity index (χ2v) is 7.06. The first-order chi connectivity index (χ1) is 10.6. The number of nitrogens with one attached hydrogen (secondary N) is 1. The van der Waals surface area contributed by atoms with E-state index < -0.39 is 0 Å². The zero-order chi connectivity index (χ0) is 15.3. The summed E-state index contributed by atoms with van der Waals surface area (Å²) >= 11 is 0. The summed E-state index contributed by atoms with van der Waals surface area (Å²) < 4.78 is 12.0. The van der Waals surface area contributed by atoms with Gasteiger partial charge in [-0.25, -0.2) is 0 Å². The van der Waals surface area contributed by atoms with E-state index in [2.05, 4.69) is 19.2 Å². The van der Waals surface area contributed by atoms with Gasteiger partial charge in [0.05, 0.1) is 0 Å². The number of phenolic OH excluding ortho intramolecular Hbond substituents is 1. The van der Waals surface area contributed by atoms with Crippen LogP contribution in [0.5, 0.6) is 17.2 Å². The third-order valence-electron chi connectivity index (χ3n) is 5.17. The Labute approximate surface area is 131 Å². The van der Waals surface area contributed by atoms with Gasteiger partial charge in [0.2, 0.25) is 0 Å². The summed E-state index contributed by atoms with van der Waals surface area (Å²) in [6.45, 7) is 5.24. The molecule has 4 rings (SSSR count). The summed E-state index contributed by atoms with van der Waals surface area (Å²) in [5.74, 6) is 1.97. The maximum atomic E-state index is 10.6. The number of aromatic hydroxyl groups is 1. The molecule has 2 N–H and O–H groups in total. The molecule has 1 fully saturated rings. The van der Waals surface area contributed by atoms with Gasteiger partial charge in [0.15, 0.2) is 11.5 Å². The molecule has 3 heterocycles. The second-order valence-electron chi connectivity index (χ2n) is 7.06. The average molecular weight is 303 g/mol. The summed E-state index contributed by atoms with van der Waals surface area (Å²) in [5.41, 5.74) is 3.40. The molecule has 4 nitrogen and oxygen atoms in total. The van der Waals surface area contributed by atoms with Crippen LogP contribution in [-0.4, -0.2) is 29.9 Å². The Morgan fingerprint density at radius 2 is 1.77 bits per heavy atom. The van der Waals surface area contributed by atoms with Crippen molar-refractivity contribution >= 4 is 0 Å². The maximum absolute atomic E-state index is 10.6. The van der Waals surface area contributed by atoms with E-state index in [9.17, 15) is 5.11 Å². The van der Waals surface area contributed by atoms with Gasteiger partial charge in [0.25, 0.3) is 0 Å². The summed E-state index contributed by atoms with van der Waals surface area (Å²) in [4.78, 5) is 0. The molecule has 3 aliphatic rings. The minimum atomic E-state index is 0.138. The molecule has 0 aliphatic carbocycles. The number of hydrogen-bond donors (Lipinski definition) is 2. The molecule has 120 valence electrons. The lowest BCUT2D eigenvalue weighted by Gasteiger charge is -2.25. The SMILES string of the molecule is CC1Cc2c(CC3CCCCN3)c3c(c(O)c2O1)CC(C)O3. The molecule has 0 radical (unpaired) electrons. The van der Waals surface area contributed by atoms with E-state index in [1.165, 1.54) is 30.4 Å². The molecular formula is C18H25NO3. The summed E-state index contributed by atoms with van der Waals surface area (Å²) in [6, 6.07) is 0.516. The molecule has 22 heavy (non-hydrogen) atoms. The number of hydrogen-bond acceptors (Lipinski definition) is 4. The maximum Gasteiger partial charge on any atom is 0.165 e. The molecule has 0 spiro atoms. The monoisotopic (exact) mass is 303 g/mol. The second kappa shape index (κ2) is 5.34. The highest BCUT2D eigenvalue weighted by Gasteiger charge is 2.36. The van der Waals surface area contributed by atoms with Gasteiger partial charge >= 0.3 is 0 Å². The van der Waals surface area contributed by atoms with Gasteiger partial charge in [0, 0.05) is 35.6 Å². The standard InChI is InChI=1S/C18H25NO3/c1-10-7-13-14(9-12-5-3-4-6-19-12)17-15(8-11(2)21-17)16(20)18(13)22-10/h10-12,19-20H,3-9H2,1-2H3. The molecule has 1 saturated heterocycles. The normalized spacial score (nSPS) is 29.6. The van der Waals surface area contributed by atoms with Gasteiger partial charge in [-0.2, -0.15) is 0 Å². The third-order valence-corrected chi connectivity index (χ3v) is 5.17. The van der Waals surface area contributed by atoms with Crippen LogP contribution in [0.25, 0.3) is 0 Å². The minimum Gasteiger partial charge on any atom is -0.504 e. The molecular weight excluding hydrogens is 278 g/mol. The predicted octanol–water partition coefficient (Wildman–Crippen LogP) is 2.72. The van der Waals surface area contributed by atoms with Crippen molar-refractivity contribution < 1.29 is 14.6 Å². The van der Waals surface area contributed by atoms with Crippen LogP contribution >= 0.6 is 0 Å². The fourth-order valence-electron chi connectivity index (χ4n) is 4.14. The van der Waals surface area contributed by atoms with Crippen LogP contribution in [-0.2, 0) is 19.3 Å². The van der Waals surface area contributed by atoms with Crippen molar-refractivity contribution in [3.05, 3.63) is 16.7 Å². The zero-order valence-corrected chi connectivity index (χ0v) is 13.4. The first kappa shape index (κ1) is 14.2. The van der Waals surface area contributed by atoms with Crippen LogP contribution in [0.4, 0.5) is 0 Å². The molecule has 3 unspecified atom stereocenters. The molecule has 3 atom stereocenters. The Hall–Kier alpha value is -1.42. The summed E-state index contributed by atoms with van der Waals surface area (Å²) in [5, 5.41) is 14.2. The lowest BCUT2D eigenvalue weighted by atomic mass is 9.90. The largest absolute Gasteiger partial charge is 0.504 e. The van der Waals surface area contributed by atoms with E-state index >= 15 is 0 Å². The van der Waals surface area contributed by atoms with Gasteiger partial charge in [-0.3, -0.25) is 0 Å². The van der Waals surface area contributed by atoms with E-state index in [0.717, 1.165) is 42.9 Å². The van der Waals surface area contributed by atoms with Gasteiger partial charge in [-0.05, 0) is 39.7 Å². The number of benzene rings is 1. The van der Waals surface area contributed by atoms with E-state index in [1.807, 2.05) is 0 Å². The van der Waals surface area contributed by atoms with Crippen molar-refractivity contribution in [2.24, 2.45) is 0 Å². The Morgan fingerprint density at radius 3 is 2.50 bits per heavy atom. The van der Waals surface area contributed by atoms with Crippen molar-refractivity contribution in [2.75, 3.05) is 6.54 Å². The summed E-state index contributed by atoms with van der Waals surface area (Å²) in [6.07, 6.45) is 6.69. The molecule has 0 amide bonds. The number of fused-ring (bicyclic) bond motifs is 2. The van der Waals surface area contributed by atoms with Gasteiger partial charge in [-0.1, -0.05) is 6.42 Å². The van der Waals surface area contributed by atoms with Gasteiger partial charge in [-0.15, -0.1) is 0 Å². The lowest BCUT2D eigenvalue weighted by molar-refractivity contribution is 0.244. The summed E-state index contributed by atoms with van der Waals surface area (Å²) in [7, 11) is 0. The van der Waals surface area contributed by atoms with E-state index in [0.29, 0.717) is 11.8 Å². The zero-order valence-electron chi connectivity index (χ0n) is 13.4. The predicted molar refractivity (Wildman–Crippen MR) is 85.0 cm³/mol. The highest BCUT2D eigenvalue weighted by atomic mass is 16.5. The Kier molecular flexibility index (Phi) is 3.44. The van der Waals surface area contributed by atoms with Crippen LogP contribution in [0.1, 0.15) is 49.8 Å². The van der Waals surface area contributed by atoms with Crippen LogP contribution in [0.15, 0.2) is 0 Å². The molecule has 0 saturated carbocycles. The smallest absolute Gasteiger partial charge is 0.165 e. The first-order valence-electron chi connectivity index (χ1n) is 8.59. The van der Waals surface area contributed by atoms with Gasteiger partial charge in [0.1, 0.15) is 18.0 Å². The fourth-order valence-corrected chi connectivity index (χ4v) is 4.14. The third kappa shape index (κ3) is 2.24. The van der Waals surface area contributed by atoms with Crippen LogP contribution in [0.3, 0.4) is 0 Å². The number of phenols is 1. The quantitative estimate of drug-likeness (QED) is 0.882. The molecule has 0 bridgehead atoms. The van der Waals surface area contributed by atoms with E-state index in [4.69, 9.17) is 9.47 Å². The molecule has 0 aromatic heterocycles. The topological polar surface area (TPSA) is 50.7 Å². The molecule has 3 aliphatic heterocycles. The lowest BCUT2D eigenvalue weighted by Crippen LogP contribution is -2.35. The average Bonchev–Trinajstić information content (AvgIpc) is 3.08. The first-order valence-corrected chi connectivity index (χ1v) is 8.59. The molecule has 1 aromatic rings. The van der Waals surface area contributed by atoms with Crippen molar-refractivity contribution in [3.63, 3.8) is 0 Å². The van der Waals surface area contributed by atoms with Crippen molar-refractivity contribution in [1.29, 1.82) is 0 Å². The van der Waals surface area contributed by atoms with Crippen LogP contribution in [0, 0.1) is 0 Å². The number of ether oxygens (including phenoxy) is 2. The van der Waals surface area contributed by atoms with Crippen molar-refractivity contribution in [1.82, 2.24) is 5.32 Å². The van der Waals surface area contributed by atoms with Gasteiger partial charge < -0.3 is 19.9 Å². The van der Waals surface area contributed by atoms with E-state index in [-0.39, 0.29) is 12.2 Å². The fraction of sp³-hybridized carbons (Fsp3) is 0.667. The number of piperidine rings is 1. The van der Waals surface area contributed by atoms with Crippen molar-refractivity contribution in [3.8, 4) is 17.2 Å². The minimum absolute atomic E-state index is 0.138. The molecule has 4 heteroatoms. The highest BCUT2D eigenvalue weighted by molar-refractivity contribution is 5.65. The number of rotatable bonds is 2. The Bertz CT molecular complexity index is 553.